The van der Waals surface area contributed by atoms with Crippen molar-refractivity contribution in [1.29, 1.82) is 0 Å². The van der Waals surface area contributed by atoms with Crippen LogP contribution in [0.2, 0.25) is 0 Å². The molecule has 2 aromatic carbocycles. The van der Waals surface area contributed by atoms with Gasteiger partial charge in [-0.2, -0.15) is 0 Å². The summed E-state index contributed by atoms with van der Waals surface area (Å²) in [6.45, 7) is 2.62. The van der Waals surface area contributed by atoms with E-state index in [9.17, 15) is 14.4 Å². The lowest BCUT2D eigenvalue weighted by Crippen LogP contribution is -2.07. The van der Waals surface area contributed by atoms with Gasteiger partial charge in [-0.1, -0.05) is 120 Å². The van der Waals surface area contributed by atoms with Gasteiger partial charge in [-0.05, 0) is 17.2 Å². The van der Waals surface area contributed by atoms with Gasteiger partial charge in [0, 0.05) is 12.2 Å². The van der Waals surface area contributed by atoms with Crippen LogP contribution in [0, 0.1) is 0 Å². The monoisotopic (exact) mass is 434 g/mol. The second-order valence-electron chi connectivity index (χ2n) is 8.27. The quantitative estimate of drug-likeness (QED) is 0.209. The number of hydrogen-bond donors (Lipinski definition) is 2. The standard InChI is InChI=1S/C25H39O4P/c1-2-3-4-5-6-7-8-9-10-11-12-15-21-29-25(30(26,27)28)24-20-16-18-22-17-13-14-19-23(22)24/h13-14,16-20,25H,2-12,15,21H2,1H3,(H2,26,27,28). The molecule has 0 amide bonds. The van der Waals surface area contributed by atoms with Gasteiger partial charge in [0.05, 0.1) is 0 Å². The minimum atomic E-state index is -4.41. The average Bonchev–Trinajstić information content (AvgIpc) is 2.73. The predicted octanol–water partition coefficient (Wildman–Crippen LogP) is 7.73. The molecule has 2 rings (SSSR count). The molecule has 0 bridgehead atoms. The fourth-order valence-corrected chi connectivity index (χ4v) is 4.86. The average molecular weight is 435 g/mol. The molecule has 0 radical (unpaired) electrons. The Hall–Kier alpha value is -1.19. The third kappa shape index (κ3) is 8.89. The fraction of sp³-hybridized carbons (Fsp3) is 0.600. The molecular weight excluding hydrogens is 395 g/mol. The van der Waals surface area contributed by atoms with Gasteiger partial charge in [0.15, 0.2) is 5.85 Å². The van der Waals surface area contributed by atoms with E-state index in [-0.39, 0.29) is 0 Å². The van der Waals surface area contributed by atoms with Gasteiger partial charge in [0.1, 0.15) is 0 Å². The van der Waals surface area contributed by atoms with Gasteiger partial charge in [-0.3, -0.25) is 4.57 Å². The Balaban J connectivity index is 1.67. The van der Waals surface area contributed by atoms with E-state index < -0.39 is 13.4 Å². The Morgan fingerprint density at radius 2 is 1.30 bits per heavy atom. The van der Waals surface area contributed by atoms with Gasteiger partial charge in [0.2, 0.25) is 0 Å². The highest BCUT2D eigenvalue weighted by Gasteiger charge is 2.32. The molecule has 0 aromatic heterocycles. The topological polar surface area (TPSA) is 66.8 Å². The van der Waals surface area contributed by atoms with Crippen LogP contribution < -0.4 is 0 Å². The highest BCUT2D eigenvalue weighted by molar-refractivity contribution is 7.52. The van der Waals surface area contributed by atoms with Gasteiger partial charge in [0.25, 0.3) is 0 Å². The molecule has 0 fully saturated rings. The van der Waals surface area contributed by atoms with Crippen LogP contribution in [0.3, 0.4) is 0 Å². The largest absolute Gasteiger partial charge is 0.361 e. The zero-order chi connectivity index (χ0) is 21.7. The number of fused-ring (bicyclic) bond motifs is 1. The minimum absolute atomic E-state index is 0.371. The normalized spacial score (nSPS) is 13.0. The molecule has 4 nitrogen and oxygen atoms in total. The first kappa shape index (κ1) is 25.1. The van der Waals surface area contributed by atoms with Crippen molar-refractivity contribution in [1.82, 2.24) is 0 Å². The minimum Gasteiger partial charge on any atom is -0.361 e. The summed E-state index contributed by atoms with van der Waals surface area (Å²) in [7, 11) is -4.41. The molecular formula is C25H39O4P. The van der Waals surface area contributed by atoms with Gasteiger partial charge < -0.3 is 14.5 Å². The Labute approximate surface area is 182 Å². The van der Waals surface area contributed by atoms with Crippen molar-refractivity contribution in [2.75, 3.05) is 6.61 Å². The summed E-state index contributed by atoms with van der Waals surface area (Å²) in [5, 5.41) is 1.80. The molecule has 1 atom stereocenters. The molecule has 1 unspecified atom stereocenters. The molecule has 2 aromatic rings. The maximum atomic E-state index is 12.1. The fourth-order valence-electron chi connectivity index (χ4n) is 3.97. The summed E-state index contributed by atoms with van der Waals surface area (Å²) in [6.07, 6.45) is 15.0. The third-order valence-corrected chi connectivity index (χ3v) is 6.71. The number of benzene rings is 2. The maximum Gasteiger partial charge on any atom is 0.358 e. The molecule has 2 N–H and O–H groups in total. The Morgan fingerprint density at radius 1 is 0.767 bits per heavy atom. The van der Waals surface area contributed by atoms with E-state index in [4.69, 9.17) is 4.74 Å². The molecule has 168 valence electrons. The maximum absolute atomic E-state index is 12.1. The SMILES string of the molecule is CCCCCCCCCCCCCCOC(c1cccc2ccccc12)P(=O)(O)O. The Bertz CT molecular complexity index is 765. The number of ether oxygens (including phenoxy) is 1. The molecule has 0 spiro atoms. The summed E-state index contributed by atoms with van der Waals surface area (Å²) in [5.41, 5.74) is 0.570. The second-order valence-corrected chi connectivity index (χ2v) is 9.92. The van der Waals surface area contributed by atoms with E-state index in [0.29, 0.717) is 12.2 Å². The van der Waals surface area contributed by atoms with Crippen molar-refractivity contribution in [3.05, 3.63) is 48.0 Å². The first-order chi connectivity index (χ1) is 14.5. The zero-order valence-electron chi connectivity index (χ0n) is 18.5. The second kappa shape index (κ2) is 14.0. The lowest BCUT2D eigenvalue weighted by Gasteiger charge is -2.21. The van der Waals surface area contributed by atoms with E-state index in [1.165, 1.54) is 57.8 Å². The van der Waals surface area contributed by atoms with E-state index >= 15 is 0 Å². The highest BCUT2D eigenvalue weighted by Crippen LogP contribution is 2.53. The van der Waals surface area contributed by atoms with Crippen molar-refractivity contribution < 1.29 is 19.1 Å². The van der Waals surface area contributed by atoms with E-state index in [1.807, 2.05) is 36.4 Å². The van der Waals surface area contributed by atoms with E-state index in [2.05, 4.69) is 6.92 Å². The van der Waals surface area contributed by atoms with Gasteiger partial charge in [-0.15, -0.1) is 0 Å². The molecule has 5 heteroatoms. The van der Waals surface area contributed by atoms with Crippen LogP contribution >= 0.6 is 7.60 Å². The van der Waals surface area contributed by atoms with Gasteiger partial charge >= 0.3 is 7.60 Å². The molecule has 0 saturated heterocycles. The van der Waals surface area contributed by atoms with Crippen LogP contribution in [-0.2, 0) is 9.30 Å². The van der Waals surface area contributed by atoms with Crippen LogP contribution in [0.25, 0.3) is 10.8 Å². The lowest BCUT2D eigenvalue weighted by atomic mass is 10.0. The molecule has 0 aliphatic rings. The summed E-state index contributed by atoms with van der Waals surface area (Å²) >= 11 is 0. The summed E-state index contributed by atoms with van der Waals surface area (Å²) in [6, 6.07) is 13.2. The summed E-state index contributed by atoms with van der Waals surface area (Å²) in [5.74, 6) is -1.20. The summed E-state index contributed by atoms with van der Waals surface area (Å²) in [4.78, 5) is 19.7. The van der Waals surface area contributed by atoms with Crippen molar-refractivity contribution in [3.63, 3.8) is 0 Å². The molecule has 0 heterocycles. The lowest BCUT2D eigenvalue weighted by molar-refractivity contribution is 0.0833. The molecule has 0 aliphatic heterocycles. The Morgan fingerprint density at radius 3 is 1.90 bits per heavy atom. The Kier molecular flexibility index (Phi) is 11.7. The number of rotatable bonds is 16. The zero-order valence-corrected chi connectivity index (χ0v) is 19.4. The first-order valence-electron chi connectivity index (χ1n) is 11.7. The van der Waals surface area contributed by atoms with Crippen molar-refractivity contribution >= 4 is 18.4 Å². The first-order valence-corrected chi connectivity index (χ1v) is 13.4. The smallest absolute Gasteiger partial charge is 0.358 e. The van der Waals surface area contributed by atoms with Crippen LogP contribution in [0.15, 0.2) is 42.5 Å². The van der Waals surface area contributed by atoms with E-state index in [0.717, 1.165) is 30.0 Å². The molecule has 30 heavy (non-hydrogen) atoms. The van der Waals surface area contributed by atoms with Crippen molar-refractivity contribution in [3.8, 4) is 0 Å². The van der Waals surface area contributed by atoms with Crippen molar-refractivity contribution in [2.45, 2.75) is 89.8 Å². The van der Waals surface area contributed by atoms with Crippen LogP contribution in [0.4, 0.5) is 0 Å². The van der Waals surface area contributed by atoms with E-state index in [1.54, 1.807) is 6.07 Å². The molecule has 0 aliphatic carbocycles. The molecule has 0 saturated carbocycles. The van der Waals surface area contributed by atoms with Crippen LogP contribution in [-0.4, -0.2) is 16.4 Å². The van der Waals surface area contributed by atoms with Crippen LogP contribution in [0.5, 0.6) is 0 Å². The highest BCUT2D eigenvalue weighted by atomic mass is 31.2. The van der Waals surface area contributed by atoms with Gasteiger partial charge in [-0.25, -0.2) is 0 Å². The number of unbranched alkanes of at least 4 members (excludes halogenated alkanes) is 11. The van der Waals surface area contributed by atoms with Crippen LogP contribution in [0.1, 0.15) is 95.4 Å². The predicted molar refractivity (Wildman–Crippen MR) is 126 cm³/mol. The number of hydrogen-bond acceptors (Lipinski definition) is 2. The third-order valence-electron chi connectivity index (χ3n) is 5.67. The summed E-state index contributed by atoms with van der Waals surface area (Å²) < 4.78 is 17.8. The van der Waals surface area contributed by atoms with Crippen molar-refractivity contribution in [2.24, 2.45) is 0 Å².